The molecule has 3 aromatic carbocycles. The lowest BCUT2D eigenvalue weighted by molar-refractivity contribution is -0.0849. The van der Waals surface area contributed by atoms with Crippen molar-refractivity contribution in [3.8, 4) is 0 Å². The normalized spacial score (nSPS) is 23.6. The predicted molar refractivity (Wildman–Crippen MR) is 150 cm³/mol. The summed E-state index contributed by atoms with van der Waals surface area (Å²) in [7, 11) is -3.79. The summed E-state index contributed by atoms with van der Waals surface area (Å²) in [5.41, 5.74) is 0.621. The van der Waals surface area contributed by atoms with Crippen molar-refractivity contribution in [3.05, 3.63) is 94.5 Å². The van der Waals surface area contributed by atoms with E-state index in [4.69, 9.17) is 23.2 Å². The molecule has 2 unspecified atom stereocenters. The fourth-order valence-corrected chi connectivity index (χ4v) is 7.93. The van der Waals surface area contributed by atoms with E-state index in [1.54, 1.807) is 28.6 Å². The van der Waals surface area contributed by atoms with Crippen LogP contribution in [0, 0.1) is 0 Å². The molecule has 0 bridgehead atoms. The maximum Gasteiger partial charge on any atom is 0.264 e. The van der Waals surface area contributed by atoms with Gasteiger partial charge in [-0.15, -0.1) is 0 Å². The minimum absolute atomic E-state index is 0.0126. The van der Waals surface area contributed by atoms with E-state index in [-0.39, 0.29) is 17.0 Å². The molecule has 1 N–H and O–H groups in total. The summed E-state index contributed by atoms with van der Waals surface area (Å²) in [5, 5.41) is 13.1. The molecular formula is C29H32Cl2N2O3S. The third-order valence-electron chi connectivity index (χ3n) is 7.83. The smallest absolute Gasteiger partial charge is 0.264 e. The molecule has 1 heterocycles. The van der Waals surface area contributed by atoms with Crippen LogP contribution in [0.25, 0.3) is 0 Å². The number of anilines is 1. The molecule has 37 heavy (non-hydrogen) atoms. The molecule has 8 heteroatoms. The van der Waals surface area contributed by atoms with Crippen molar-refractivity contribution in [2.45, 2.75) is 61.1 Å². The molecule has 0 radical (unpaired) electrons. The second-order valence-electron chi connectivity index (χ2n) is 10.1. The van der Waals surface area contributed by atoms with Gasteiger partial charge < -0.3 is 5.11 Å². The summed E-state index contributed by atoms with van der Waals surface area (Å²) >= 11 is 12.1. The largest absolute Gasteiger partial charge is 0.384 e. The van der Waals surface area contributed by atoms with E-state index in [2.05, 4.69) is 4.90 Å². The lowest BCUT2D eigenvalue weighted by Crippen LogP contribution is -2.57. The van der Waals surface area contributed by atoms with E-state index in [1.165, 1.54) is 0 Å². The number of sulfonamides is 1. The zero-order valence-corrected chi connectivity index (χ0v) is 23.0. The van der Waals surface area contributed by atoms with Crippen LogP contribution in [-0.2, 0) is 15.6 Å². The fourth-order valence-electron chi connectivity index (χ4n) is 5.97. The Bertz CT molecular complexity index is 1300. The van der Waals surface area contributed by atoms with Crippen LogP contribution >= 0.6 is 23.2 Å². The van der Waals surface area contributed by atoms with Gasteiger partial charge in [-0.2, -0.15) is 0 Å². The third kappa shape index (κ3) is 5.41. The number of halogens is 2. The molecule has 196 valence electrons. The summed E-state index contributed by atoms with van der Waals surface area (Å²) in [6.07, 6.45) is 5.02. The van der Waals surface area contributed by atoms with Gasteiger partial charge in [-0.25, -0.2) is 8.42 Å². The standard InChI is InChI=1S/C29H32Cl2N2O3S/c30-23-11-9-22(10-12-23)29(34)19-5-4-8-28(29)32-20-17-26(18-21-32)33(25-6-2-1-3-7-25)37(35,36)27-15-13-24(31)14-16-27/h1-3,6-7,9-16,26,28,34H,4-5,8,17-21H2. The zero-order chi connectivity index (χ0) is 26.0. The lowest BCUT2D eigenvalue weighted by atomic mass is 9.74. The van der Waals surface area contributed by atoms with Gasteiger partial charge in [0.25, 0.3) is 10.0 Å². The summed E-state index contributed by atoms with van der Waals surface area (Å²) < 4.78 is 29.3. The number of rotatable bonds is 6. The average molecular weight is 560 g/mol. The quantitative estimate of drug-likeness (QED) is 0.376. The monoisotopic (exact) mass is 558 g/mol. The molecule has 1 saturated heterocycles. The van der Waals surface area contributed by atoms with Gasteiger partial charge in [0.2, 0.25) is 0 Å². The number of piperidine rings is 1. The molecule has 0 aromatic heterocycles. The van der Waals surface area contributed by atoms with Crippen molar-refractivity contribution >= 4 is 38.9 Å². The Morgan fingerprint density at radius 3 is 2.03 bits per heavy atom. The molecule has 1 aliphatic carbocycles. The van der Waals surface area contributed by atoms with Gasteiger partial charge in [-0.05, 0) is 79.8 Å². The third-order valence-corrected chi connectivity index (χ3v) is 10.2. The van der Waals surface area contributed by atoms with E-state index in [0.717, 1.165) is 24.8 Å². The van der Waals surface area contributed by atoms with Crippen molar-refractivity contribution in [2.75, 3.05) is 17.4 Å². The first-order valence-corrected chi connectivity index (χ1v) is 15.1. The van der Waals surface area contributed by atoms with Gasteiger partial charge in [-0.3, -0.25) is 9.21 Å². The molecule has 2 aliphatic rings. The Hall–Kier alpha value is -2.09. The highest BCUT2D eigenvalue weighted by molar-refractivity contribution is 7.92. The van der Waals surface area contributed by atoms with Crippen molar-refractivity contribution in [1.29, 1.82) is 0 Å². The number of benzene rings is 3. The van der Waals surface area contributed by atoms with Crippen LogP contribution in [0.2, 0.25) is 10.0 Å². The molecule has 5 nitrogen and oxygen atoms in total. The zero-order valence-electron chi connectivity index (χ0n) is 20.6. The molecule has 5 rings (SSSR count). The van der Waals surface area contributed by atoms with Gasteiger partial charge in [0, 0.05) is 35.2 Å². The molecule has 0 amide bonds. The van der Waals surface area contributed by atoms with Crippen molar-refractivity contribution < 1.29 is 13.5 Å². The first kappa shape index (κ1) is 26.5. The van der Waals surface area contributed by atoms with Crippen LogP contribution < -0.4 is 4.31 Å². The van der Waals surface area contributed by atoms with Crippen LogP contribution in [0.15, 0.2) is 83.8 Å². The molecule has 1 aliphatic heterocycles. The van der Waals surface area contributed by atoms with Crippen molar-refractivity contribution in [2.24, 2.45) is 0 Å². The van der Waals surface area contributed by atoms with Gasteiger partial charge in [0.05, 0.1) is 10.6 Å². The van der Waals surface area contributed by atoms with Crippen LogP contribution in [-0.4, -0.2) is 43.6 Å². The first-order valence-electron chi connectivity index (χ1n) is 12.9. The number of nitrogens with zero attached hydrogens (tertiary/aromatic N) is 2. The summed E-state index contributed by atoms with van der Waals surface area (Å²) in [6, 6.07) is 23.0. The van der Waals surface area contributed by atoms with Crippen LogP contribution in [0.4, 0.5) is 5.69 Å². The predicted octanol–water partition coefficient (Wildman–Crippen LogP) is 6.48. The van der Waals surface area contributed by atoms with E-state index in [0.29, 0.717) is 48.1 Å². The molecule has 2 fully saturated rings. The average Bonchev–Trinajstić information content (AvgIpc) is 2.91. The highest BCUT2D eigenvalue weighted by Gasteiger charge is 2.45. The number of hydrogen-bond acceptors (Lipinski definition) is 4. The molecular weight excluding hydrogens is 527 g/mol. The van der Waals surface area contributed by atoms with Crippen LogP contribution in [0.3, 0.4) is 0 Å². The minimum Gasteiger partial charge on any atom is -0.384 e. The first-order chi connectivity index (χ1) is 17.8. The van der Waals surface area contributed by atoms with Crippen molar-refractivity contribution in [1.82, 2.24) is 4.90 Å². The second-order valence-corrected chi connectivity index (χ2v) is 12.7. The highest BCUT2D eigenvalue weighted by Crippen LogP contribution is 2.42. The summed E-state index contributed by atoms with van der Waals surface area (Å²) in [4.78, 5) is 2.59. The Morgan fingerprint density at radius 1 is 0.811 bits per heavy atom. The lowest BCUT2D eigenvalue weighted by Gasteiger charge is -2.49. The second kappa shape index (κ2) is 11.0. The van der Waals surface area contributed by atoms with E-state index in [9.17, 15) is 13.5 Å². The van der Waals surface area contributed by atoms with E-state index in [1.807, 2.05) is 54.6 Å². The number of hydrogen-bond donors (Lipinski definition) is 1. The molecule has 1 saturated carbocycles. The van der Waals surface area contributed by atoms with Gasteiger partial charge in [0.15, 0.2) is 0 Å². The Kier molecular flexibility index (Phi) is 7.85. The van der Waals surface area contributed by atoms with Crippen molar-refractivity contribution in [3.63, 3.8) is 0 Å². The van der Waals surface area contributed by atoms with E-state index >= 15 is 0 Å². The van der Waals surface area contributed by atoms with Crippen LogP contribution in [0.5, 0.6) is 0 Å². The molecule has 0 spiro atoms. The Labute approximate surface area is 229 Å². The van der Waals surface area contributed by atoms with Gasteiger partial charge in [0.1, 0.15) is 5.60 Å². The fraction of sp³-hybridized carbons (Fsp3) is 0.379. The maximum atomic E-state index is 13.9. The highest BCUT2D eigenvalue weighted by atomic mass is 35.5. The Morgan fingerprint density at radius 2 is 1.41 bits per heavy atom. The molecule has 3 aromatic rings. The maximum absolute atomic E-state index is 13.9. The topological polar surface area (TPSA) is 60.9 Å². The van der Waals surface area contributed by atoms with Gasteiger partial charge >= 0.3 is 0 Å². The van der Waals surface area contributed by atoms with E-state index < -0.39 is 15.6 Å². The number of para-hydroxylation sites is 1. The minimum atomic E-state index is -3.79. The van der Waals surface area contributed by atoms with Crippen LogP contribution in [0.1, 0.15) is 44.1 Å². The number of likely N-dealkylation sites (tertiary alicyclic amines) is 1. The summed E-state index contributed by atoms with van der Waals surface area (Å²) in [6.45, 7) is 1.43. The Balaban J connectivity index is 1.39. The van der Waals surface area contributed by atoms with Gasteiger partial charge in [-0.1, -0.05) is 66.4 Å². The summed E-state index contributed by atoms with van der Waals surface area (Å²) in [5.74, 6) is 0. The number of aliphatic hydroxyl groups is 1. The molecule has 2 atom stereocenters. The SMILES string of the molecule is O=S(=O)(c1ccc(Cl)cc1)N(c1ccccc1)C1CCN(C2CCCCC2(O)c2ccc(Cl)cc2)CC1.